The highest BCUT2D eigenvalue weighted by Crippen LogP contribution is 2.37. The fourth-order valence-corrected chi connectivity index (χ4v) is 3.80. The number of benzene rings is 2. The molecule has 0 heterocycles. The number of carbonyl (C=O) groups excluding carboxylic acids is 3. The van der Waals surface area contributed by atoms with Crippen LogP contribution >= 0.6 is 0 Å². The van der Waals surface area contributed by atoms with E-state index < -0.39 is 23.3 Å². The van der Waals surface area contributed by atoms with Gasteiger partial charge >= 0.3 is 5.97 Å². The molecule has 7 heteroatoms. The van der Waals surface area contributed by atoms with Crippen molar-refractivity contribution in [2.24, 2.45) is 0 Å². The summed E-state index contributed by atoms with van der Waals surface area (Å²) in [6.07, 6.45) is 2.65. The van der Waals surface area contributed by atoms with E-state index in [4.69, 9.17) is 4.74 Å². The average molecular weight is 425 g/mol. The maximum Gasteiger partial charge on any atom is 0.338 e. The number of esters is 1. The lowest BCUT2D eigenvalue weighted by atomic mass is 9.82. The van der Waals surface area contributed by atoms with Crippen LogP contribution in [0.2, 0.25) is 0 Å². The van der Waals surface area contributed by atoms with Crippen molar-refractivity contribution in [3.05, 3.63) is 58.1 Å². The van der Waals surface area contributed by atoms with Crippen LogP contribution in [0.15, 0.2) is 30.3 Å². The van der Waals surface area contributed by atoms with Gasteiger partial charge in [-0.2, -0.15) is 0 Å². The summed E-state index contributed by atoms with van der Waals surface area (Å²) in [4.78, 5) is 40.3. The molecule has 0 atom stereocenters. The van der Waals surface area contributed by atoms with Gasteiger partial charge in [-0.25, -0.2) is 4.79 Å². The monoisotopic (exact) mass is 425 g/mol. The van der Waals surface area contributed by atoms with Gasteiger partial charge in [0.2, 0.25) is 5.78 Å². The quantitative estimate of drug-likeness (QED) is 0.399. The maximum absolute atomic E-state index is 12.8. The molecule has 0 aliphatic heterocycles. The van der Waals surface area contributed by atoms with Crippen molar-refractivity contribution < 1.29 is 29.3 Å². The summed E-state index contributed by atoms with van der Waals surface area (Å²) in [5.41, 5.74) is -0.392. The number of ether oxygens (including phenoxy) is 1. The van der Waals surface area contributed by atoms with E-state index in [0.29, 0.717) is 6.42 Å². The smallest absolute Gasteiger partial charge is 0.338 e. The van der Waals surface area contributed by atoms with Gasteiger partial charge < -0.3 is 19.8 Å². The summed E-state index contributed by atoms with van der Waals surface area (Å²) >= 11 is 0. The molecule has 0 unspecified atom stereocenters. The summed E-state index contributed by atoms with van der Waals surface area (Å²) in [5.74, 6) is -2.68. The van der Waals surface area contributed by atoms with Gasteiger partial charge in [0.25, 0.3) is 0 Å². The van der Waals surface area contributed by atoms with E-state index in [1.54, 1.807) is 0 Å². The number of carbonyl (C=O) groups is 3. The number of hydrogen-bond donors (Lipinski definition) is 2. The first kappa shape index (κ1) is 22.5. The lowest BCUT2D eigenvalue weighted by Gasteiger charge is -2.20. The van der Waals surface area contributed by atoms with E-state index >= 15 is 0 Å². The number of nitrogens with zero attached hydrogens (tertiary/aromatic N) is 1. The number of ketones is 2. The van der Waals surface area contributed by atoms with Crippen LogP contribution < -0.4 is 0 Å². The number of aromatic hydroxyl groups is 2. The highest BCUT2D eigenvalue weighted by molar-refractivity contribution is 6.30. The first-order valence-corrected chi connectivity index (χ1v) is 10.6. The van der Waals surface area contributed by atoms with Gasteiger partial charge in [-0.15, -0.1) is 0 Å². The highest BCUT2D eigenvalue weighted by atomic mass is 16.5. The normalized spacial score (nSPS) is 12.6. The maximum atomic E-state index is 12.8. The molecule has 2 aromatic carbocycles. The molecular formula is C24H27NO6. The van der Waals surface area contributed by atoms with E-state index in [1.165, 1.54) is 24.3 Å². The Kier molecular flexibility index (Phi) is 7.07. The summed E-state index contributed by atoms with van der Waals surface area (Å²) in [7, 11) is 0. The molecule has 2 aromatic rings. The van der Waals surface area contributed by atoms with Crippen LogP contribution in [0, 0.1) is 0 Å². The van der Waals surface area contributed by atoms with Gasteiger partial charge in [0, 0.05) is 11.1 Å². The van der Waals surface area contributed by atoms with E-state index in [9.17, 15) is 24.6 Å². The Balaban J connectivity index is 1.67. The molecule has 0 saturated carbocycles. The molecule has 2 N–H and O–H groups in total. The first-order chi connectivity index (χ1) is 14.9. The van der Waals surface area contributed by atoms with Gasteiger partial charge in [-0.05, 0) is 57.1 Å². The Labute approximate surface area is 181 Å². The Bertz CT molecular complexity index is 1010. The van der Waals surface area contributed by atoms with Gasteiger partial charge in [0.05, 0.1) is 23.3 Å². The van der Waals surface area contributed by atoms with Crippen LogP contribution in [0.5, 0.6) is 11.5 Å². The topological polar surface area (TPSA) is 104 Å². The lowest BCUT2D eigenvalue weighted by Crippen LogP contribution is -2.24. The molecule has 0 spiro atoms. The fourth-order valence-electron chi connectivity index (χ4n) is 3.80. The molecule has 0 fully saturated rings. The Morgan fingerprint density at radius 3 is 2.32 bits per heavy atom. The summed E-state index contributed by atoms with van der Waals surface area (Å²) < 4.78 is 5.28. The van der Waals surface area contributed by atoms with Crippen molar-refractivity contribution in [2.45, 2.75) is 33.1 Å². The molecule has 0 bridgehead atoms. The van der Waals surface area contributed by atoms with Gasteiger partial charge in [0.1, 0.15) is 11.5 Å². The Hall–Kier alpha value is -3.19. The minimum atomic E-state index is -0.663. The minimum absolute atomic E-state index is 0.00384. The second-order valence-corrected chi connectivity index (χ2v) is 7.50. The van der Waals surface area contributed by atoms with Crippen molar-refractivity contribution in [2.75, 3.05) is 26.2 Å². The van der Waals surface area contributed by atoms with E-state index in [-0.39, 0.29) is 40.2 Å². The molecule has 3 rings (SSSR count). The zero-order chi connectivity index (χ0) is 22.5. The zero-order valence-electron chi connectivity index (χ0n) is 17.8. The number of hydrogen-bond acceptors (Lipinski definition) is 7. The van der Waals surface area contributed by atoms with E-state index in [2.05, 4.69) is 18.7 Å². The molecule has 1 aliphatic rings. The highest BCUT2D eigenvalue weighted by Gasteiger charge is 2.35. The number of fused-ring (bicyclic) bond motifs is 2. The van der Waals surface area contributed by atoms with Crippen molar-refractivity contribution >= 4 is 17.5 Å². The Morgan fingerprint density at radius 2 is 1.61 bits per heavy atom. The van der Waals surface area contributed by atoms with Crippen LogP contribution in [0.4, 0.5) is 0 Å². The third-order valence-corrected chi connectivity index (χ3v) is 5.59. The molecule has 164 valence electrons. The molecule has 0 amide bonds. The molecular weight excluding hydrogens is 398 g/mol. The molecule has 7 nitrogen and oxygen atoms in total. The van der Waals surface area contributed by atoms with Gasteiger partial charge in [-0.1, -0.05) is 26.0 Å². The van der Waals surface area contributed by atoms with Gasteiger partial charge in [0.15, 0.2) is 5.78 Å². The zero-order valence-corrected chi connectivity index (χ0v) is 17.8. The minimum Gasteiger partial charge on any atom is -0.507 e. The van der Waals surface area contributed by atoms with Crippen LogP contribution in [-0.2, 0) is 4.74 Å². The van der Waals surface area contributed by atoms with Crippen molar-refractivity contribution in [3.63, 3.8) is 0 Å². The fraction of sp³-hybridized carbons (Fsp3) is 0.375. The first-order valence-electron chi connectivity index (χ1n) is 10.6. The standard InChI is InChI=1S/C24H27NO6/c1-3-25(4-2)11-6-5-7-12-31-24(30)15-13-17-21(19(27)14-15)23(29)20-16(22(17)28)9-8-10-18(20)26/h8-10,13-14,26-27H,3-7,11-12H2,1-2H3. The number of rotatable bonds is 9. The largest absolute Gasteiger partial charge is 0.507 e. The van der Waals surface area contributed by atoms with Crippen LogP contribution in [0.3, 0.4) is 0 Å². The number of phenolic OH excluding ortho intramolecular Hbond substituents is 2. The molecule has 0 saturated heterocycles. The second kappa shape index (κ2) is 9.75. The van der Waals surface area contributed by atoms with Gasteiger partial charge in [-0.3, -0.25) is 9.59 Å². The third-order valence-electron chi connectivity index (χ3n) is 5.59. The van der Waals surface area contributed by atoms with E-state index in [0.717, 1.165) is 38.5 Å². The average Bonchev–Trinajstić information content (AvgIpc) is 2.76. The van der Waals surface area contributed by atoms with Crippen LogP contribution in [0.1, 0.15) is 75.3 Å². The van der Waals surface area contributed by atoms with Crippen molar-refractivity contribution in [3.8, 4) is 11.5 Å². The third kappa shape index (κ3) is 4.61. The second-order valence-electron chi connectivity index (χ2n) is 7.50. The van der Waals surface area contributed by atoms with E-state index in [1.807, 2.05) is 0 Å². The van der Waals surface area contributed by atoms with Crippen molar-refractivity contribution in [1.29, 1.82) is 0 Å². The Morgan fingerprint density at radius 1 is 0.903 bits per heavy atom. The SMILES string of the molecule is CCN(CC)CCCCCOC(=O)c1cc(O)c2c(c1)C(=O)c1cccc(O)c1C2=O. The molecule has 0 aromatic heterocycles. The van der Waals surface area contributed by atoms with Crippen LogP contribution in [0.25, 0.3) is 0 Å². The summed E-state index contributed by atoms with van der Waals surface area (Å²) in [5, 5.41) is 20.4. The lowest BCUT2D eigenvalue weighted by molar-refractivity contribution is 0.0496. The molecule has 1 aliphatic carbocycles. The predicted octanol–water partition coefficient (Wildman–Crippen LogP) is 3.54. The van der Waals surface area contributed by atoms with Crippen molar-refractivity contribution in [1.82, 2.24) is 4.90 Å². The number of phenols is 2. The molecule has 31 heavy (non-hydrogen) atoms. The summed E-state index contributed by atoms with van der Waals surface area (Å²) in [6.45, 7) is 7.51. The molecule has 0 radical (unpaired) electrons. The summed E-state index contributed by atoms with van der Waals surface area (Å²) in [6, 6.07) is 6.59. The van der Waals surface area contributed by atoms with Crippen LogP contribution in [-0.4, -0.2) is 58.9 Å². The predicted molar refractivity (Wildman–Crippen MR) is 115 cm³/mol. The number of unbranched alkanes of at least 4 members (excludes halogenated alkanes) is 2.